The quantitative estimate of drug-likeness (QED) is 0.552. The minimum atomic E-state index is -4.63. The third kappa shape index (κ3) is 6.59. The van der Waals surface area contributed by atoms with Crippen LogP contribution in [0.2, 0.25) is 0 Å². The Kier molecular flexibility index (Phi) is 7.34. The average molecular weight is 457 g/mol. The van der Waals surface area contributed by atoms with Gasteiger partial charge < -0.3 is 19.7 Å². The molecule has 2 fully saturated rings. The van der Waals surface area contributed by atoms with E-state index in [1.165, 1.54) is 12.1 Å². The molecule has 2 heterocycles. The number of nitrogens with zero attached hydrogens (tertiary/aromatic N) is 2. The van der Waals surface area contributed by atoms with Crippen LogP contribution in [0.25, 0.3) is 0 Å². The lowest BCUT2D eigenvalue weighted by atomic mass is 10.1. The number of carbonyl (C=O) groups is 2. The van der Waals surface area contributed by atoms with Crippen molar-refractivity contribution in [3.63, 3.8) is 0 Å². The Balaban J connectivity index is 1.64. The predicted octanol–water partition coefficient (Wildman–Crippen LogP) is 3.42. The molecule has 2 saturated heterocycles. The van der Waals surface area contributed by atoms with E-state index < -0.39 is 35.1 Å². The molecule has 3 rings (SSSR count). The summed E-state index contributed by atoms with van der Waals surface area (Å²) in [6, 6.07) is 3.06. The number of alkyl halides is 3. The first-order chi connectivity index (χ1) is 14.9. The van der Waals surface area contributed by atoms with Crippen LogP contribution in [0.15, 0.2) is 18.2 Å². The van der Waals surface area contributed by atoms with Gasteiger partial charge in [0.25, 0.3) is 0 Å². The van der Waals surface area contributed by atoms with Crippen LogP contribution in [-0.2, 0) is 22.3 Å². The van der Waals surface area contributed by atoms with E-state index in [0.29, 0.717) is 51.3 Å². The predicted molar refractivity (Wildman–Crippen MR) is 111 cm³/mol. The first-order valence-electron chi connectivity index (χ1n) is 10.8. The molecule has 178 valence electrons. The van der Waals surface area contributed by atoms with Gasteiger partial charge in [0, 0.05) is 32.7 Å². The van der Waals surface area contributed by atoms with Gasteiger partial charge in [-0.2, -0.15) is 13.2 Å². The summed E-state index contributed by atoms with van der Waals surface area (Å²) in [5.41, 5.74) is -0.940. The van der Waals surface area contributed by atoms with Gasteiger partial charge in [-0.3, -0.25) is 4.90 Å². The molecule has 2 aliphatic heterocycles. The second-order valence-corrected chi connectivity index (χ2v) is 9.14. The second kappa shape index (κ2) is 9.66. The topological polar surface area (TPSA) is 71.1 Å². The molecule has 0 unspecified atom stereocenters. The van der Waals surface area contributed by atoms with Gasteiger partial charge in [-0.1, -0.05) is 6.07 Å². The van der Waals surface area contributed by atoms with Crippen molar-refractivity contribution in [2.24, 2.45) is 0 Å². The molecule has 0 aromatic heterocycles. The summed E-state index contributed by atoms with van der Waals surface area (Å²) < 4.78 is 50.9. The first-order valence-corrected chi connectivity index (χ1v) is 10.8. The maximum atomic E-state index is 13.4. The molecule has 1 atom stereocenters. The van der Waals surface area contributed by atoms with E-state index in [1.807, 2.05) is 4.90 Å². The van der Waals surface area contributed by atoms with Crippen LogP contribution in [0, 0.1) is 0 Å². The molecule has 7 nitrogen and oxygen atoms in total. The van der Waals surface area contributed by atoms with E-state index in [9.17, 15) is 22.8 Å². The highest BCUT2D eigenvalue weighted by atomic mass is 19.4. The summed E-state index contributed by atoms with van der Waals surface area (Å²) in [5.74, 6) is -1.17. The van der Waals surface area contributed by atoms with Crippen molar-refractivity contribution in [3.8, 4) is 5.75 Å². The zero-order valence-electron chi connectivity index (χ0n) is 18.6. The Morgan fingerprint density at radius 1 is 1.12 bits per heavy atom. The number of benzene rings is 1. The number of ether oxygens (including phenoxy) is 2. The van der Waals surface area contributed by atoms with Crippen molar-refractivity contribution >= 4 is 12.1 Å². The van der Waals surface area contributed by atoms with Gasteiger partial charge in [-0.25, -0.2) is 9.59 Å². The van der Waals surface area contributed by atoms with E-state index in [0.717, 1.165) is 12.5 Å². The molecule has 2 aliphatic rings. The number of carbonyl (C=O) groups excluding carboxylic acids is 2. The number of hydrogen-bond acceptors (Lipinski definition) is 6. The number of nitrogens with one attached hydrogen (secondary N) is 1. The largest absolute Gasteiger partial charge is 0.444 e. The molecule has 1 aromatic carbocycles. The van der Waals surface area contributed by atoms with Crippen molar-refractivity contribution in [1.29, 1.82) is 0 Å². The van der Waals surface area contributed by atoms with Gasteiger partial charge in [-0.05, 0) is 57.9 Å². The summed E-state index contributed by atoms with van der Waals surface area (Å²) in [6.07, 6.45) is -3.68. The van der Waals surface area contributed by atoms with Crippen LogP contribution in [0.3, 0.4) is 0 Å². The Bertz CT molecular complexity index is 825. The summed E-state index contributed by atoms with van der Waals surface area (Å²) in [7, 11) is 0. The number of esters is 1. The highest BCUT2D eigenvalue weighted by molar-refractivity contribution is 5.79. The van der Waals surface area contributed by atoms with Crippen LogP contribution in [0.5, 0.6) is 5.75 Å². The van der Waals surface area contributed by atoms with Crippen LogP contribution in [0.1, 0.15) is 44.7 Å². The fraction of sp³-hybridized carbons (Fsp3) is 0.636. The molecule has 1 amide bonds. The number of amides is 1. The number of halogens is 3. The normalized spacial score (nSPS) is 20.3. The molecule has 0 saturated carbocycles. The Labute approximate surface area is 185 Å². The van der Waals surface area contributed by atoms with Gasteiger partial charge in [0.2, 0.25) is 0 Å². The van der Waals surface area contributed by atoms with Crippen molar-refractivity contribution in [3.05, 3.63) is 29.3 Å². The van der Waals surface area contributed by atoms with Gasteiger partial charge in [-0.15, -0.1) is 0 Å². The molecular weight excluding hydrogens is 427 g/mol. The van der Waals surface area contributed by atoms with Gasteiger partial charge >= 0.3 is 18.2 Å². The molecule has 0 spiro atoms. The lowest BCUT2D eigenvalue weighted by Crippen LogP contribution is -2.49. The van der Waals surface area contributed by atoms with Crippen molar-refractivity contribution < 1.29 is 32.2 Å². The molecule has 10 heteroatoms. The third-order valence-corrected chi connectivity index (χ3v) is 5.34. The molecule has 1 aromatic rings. The van der Waals surface area contributed by atoms with Crippen LogP contribution >= 0.6 is 0 Å². The number of hydrogen-bond donors (Lipinski definition) is 1. The molecule has 0 radical (unpaired) electrons. The zero-order valence-corrected chi connectivity index (χ0v) is 18.6. The fourth-order valence-corrected chi connectivity index (χ4v) is 3.72. The smallest absolute Gasteiger partial charge is 0.419 e. The van der Waals surface area contributed by atoms with Crippen molar-refractivity contribution in [2.75, 3.05) is 32.7 Å². The Morgan fingerprint density at radius 2 is 1.81 bits per heavy atom. The van der Waals surface area contributed by atoms with Crippen molar-refractivity contribution in [2.45, 2.75) is 58.0 Å². The number of rotatable bonds is 4. The lowest BCUT2D eigenvalue weighted by Gasteiger charge is -2.35. The van der Waals surface area contributed by atoms with Gasteiger partial charge in [0.05, 0.1) is 5.56 Å². The van der Waals surface area contributed by atoms with Crippen LogP contribution < -0.4 is 10.1 Å². The van der Waals surface area contributed by atoms with Crippen LogP contribution in [0.4, 0.5) is 18.0 Å². The van der Waals surface area contributed by atoms with E-state index in [2.05, 4.69) is 5.32 Å². The maximum absolute atomic E-state index is 13.4. The summed E-state index contributed by atoms with van der Waals surface area (Å²) in [6.45, 7) is 8.47. The van der Waals surface area contributed by atoms with Gasteiger partial charge in [0.15, 0.2) is 0 Å². The zero-order chi connectivity index (χ0) is 23.5. The monoisotopic (exact) mass is 457 g/mol. The molecular formula is C22H30F3N3O4. The van der Waals surface area contributed by atoms with Gasteiger partial charge in [0.1, 0.15) is 17.4 Å². The molecule has 0 bridgehead atoms. The Morgan fingerprint density at radius 3 is 2.38 bits per heavy atom. The second-order valence-electron chi connectivity index (χ2n) is 9.14. The van der Waals surface area contributed by atoms with E-state index in [1.54, 1.807) is 25.7 Å². The molecule has 0 aliphatic carbocycles. The molecule has 32 heavy (non-hydrogen) atoms. The summed E-state index contributed by atoms with van der Waals surface area (Å²) in [4.78, 5) is 28.1. The summed E-state index contributed by atoms with van der Waals surface area (Å²) >= 11 is 0. The van der Waals surface area contributed by atoms with Crippen molar-refractivity contribution in [1.82, 2.24) is 15.1 Å². The lowest BCUT2D eigenvalue weighted by molar-refractivity contribution is -0.143. The first kappa shape index (κ1) is 24.3. The SMILES string of the molecule is CC(C)(C)OC(=O)N1CCN(Cc2ccc(C(F)(F)F)c(OC(=O)[C@@H]3CCCN3)c2)CC1. The Hall–Kier alpha value is -2.33. The highest BCUT2D eigenvalue weighted by Gasteiger charge is 2.36. The minimum absolute atomic E-state index is 0.374. The fourth-order valence-electron chi connectivity index (χ4n) is 3.72. The highest BCUT2D eigenvalue weighted by Crippen LogP contribution is 2.37. The number of piperazine rings is 1. The van der Waals surface area contributed by atoms with Crippen LogP contribution in [-0.4, -0.2) is 66.2 Å². The average Bonchev–Trinajstić information content (AvgIpc) is 3.21. The standard InChI is InChI=1S/C22H30F3N3O4/c1-21(2,3)32-20(30)28-11-9-27(10-12-28)14-15-6-7-16(22(23,24)25)18(13-15)31-19(29)17-5-4-8-26-17/h6-7,13,17,26H,4-5,8-12,14H2,1-3H3/t17-/m0/s1. The maximum Gasteiger partial charge on any atom is 0.419 e. The molecule has 1 N–H and O–H groups in total. The van der Waals surface area contributed by atoms with E-state index in [4.69, 9.17) is 9.47 Å². The van der Waals surface area contributed by atoms with E-state index in [-0.39, 0.29) is 6.09 Å². The van der Waals surface area contributed by atoms with E-state index >= 15 is 0 Å². The summed E-state index contributed by atoms with van der Waals surface area (Å²) in [5, 5.41) is 2.94. The third-order valence-electron chi connectivity index (χ3n) is 5.34. The minimum Gasteiger partial charge on any atom is -0.444 e.